The average molecular weight is 426 g/mol. The summed E-state index contributed by atoms with van der Waals surface area (Å²) >= 11 is 0. The van der Waals surface area contributed by atoms with Gasteiger partial charge in [0.25, 0.3) is 0 Å². The summed E-state index contributed by atoms with van der Waals surface area (Å²) in [6.07, 6.45) is 12.0. The van der Waals surface area contributed by atoms with Crippen molar-refractivity contribution in [2.45, 2.75) is 105 Å². The zero-order valence-corrected chi connectivity index (χ0v) is 20.5. The number of nitrogens with zero attached hydrogens (tertiary/aromatic N) is 2. The highest BCUT2D eigenvalue weighted by Crippen LogP contribution is 2.22. The number of benzene rings is 1. The number of hydrogen-bond acceptors (Lipinski definition) is 3. The van der Waals surface area contributed by atoms with Crippen LogP contribution in [0.2, 0.25) is 0 Å². The Bertz CT molecular complexity index is 817. The van der Waals surface area contributed by atoms with Crippen molar-refractivity contribution in [1.29, 1.82) is 0 Å². The number of anilines is 1. The quantitative estimate of drug-likeness (QED) is 0.319. The van der Waals surface area contributed by atoms with Crippen LogP contribution < -0.4 is 5.32 Å². The van der Waals surface area contributed by atoms with Crippen molar-refractivity contribution in [3.63, 3.8) is 0 Å². The Morgan fingerprint density at radius 1 is 0.871 bits per heavy atom. The van der Waals surface area contributed by atoms with Gasteiger partial charge in [-0.05, 0) is 62.1 Å². The minimum atomic E-state index is 0.0851. The number of rotatable bonds is 14. The van der Waals surface area contributed by atoms with Crippen LogP contribution in [0.4, 0.5) is 5.69 Å². The van der Waals surface area contributed by atoms with Gasteiger partial charge in [0.05, 0.1) is 22.4 Å². The lowest BCUT2D eigenvalue weighted by Gasteiger charge is -2.16. The third kappa shape index (κ3) is 8.59. The third-order valence-corrected chi connectivity index (χ3v) is 6.17. The number of aromatic nitrogens is 2. The predicted octanol–water partition coefficient (Wildman–Crippen LogP) is 7.50. The normalized spacial score (nSPS) is 13.3. The van der Waals surface area contributed by atoms with Crippen LogP contribution in [-0.4, -0.2) is 15.9 Å². The molecule has 1 amide bonds. The van der Waals surface area contributed by atoms with E-state index in [0.29, 0.717) is 18.3 Å². The second-order valence-corrected chi connectivity index (χ2v) is 9.34. The van der Waals surface area contributed by atoms with E-state index < -0.39 is 0 Å². The summed E-state index contributed by atoms with van der Waals surface area (Å²) in [5.74, 6) is 1.14. The molecule has 31 heavy (non-hydrogen) atoms. The number of nitrogens with one attached hydrogen (secondary N) is 1. The lowest BCUT2D eigenvalue weighted by atomic mass is 9.93. The maximum Gasteiger partial charge on any atom is 0.224 e. The van der Waals surface area contributed by atoms with Crippen LogP contribution in [-0.2, 0) is 17.6 Å². The summed E-state index contributed by atoms with van der Waals surface area (Å²) in [7, 11) is 0. The van der Waals surface area contributed by atoms with Gasteiger partial charge < -0.3 is 5.32 Å². The van der Waals surface area contributed by atoms with E-state index in [0.717, 1.165) is 66.6 Å². The summed E-state index contributed by atoms with van der Waals surface area (Å²) in [5, 5.41) is 3.08. The summed E-state index contributed by atoms with van der Waals surface area (Å²) in [5.41, 5.74) is 4.92. The van der Waals surface area contributed by atoms with Gasteiger partial charge >= 0.3 is 0 Å². The van der Waals surface area contributed by atoms with Crippen LogP contribution in [0.15, 0.2) is 18.2 Å². The van der Waals surface area contributed by atoms with E-state index in [9.17, 15) is 4.79 Å². The maximum atomic E-state index is 12.5. The van der Waals surface area contributed by atoms with Crippen LogP contribution in [0.5, 0.6) is 0 Å². The van der Waals surface area contributed by atoms with Gasteiger partial charge in [-0.15, -0.1) is 0 Å². The number of unbranched alkanes of at least 4 members (excludes halogenated alkanes) is 4. The summed E-state index contributed by atoms with van der Waals surface area (Å²) < 4.78 is 0. The van der Waals surface area contributed by atoms with Gasteiger partial charge in [-0.1, -0.05) is 66.7 Å². The zero-order valence-electron chi connectivity index (χ0n) is 20.5. The lowest BCUT2D eigenvalue weighted by Crippen LogP contribution is -2.16. The van der Waals surface area contributed by atoms with Gasteiger partial charge in [0.15, 0.2) is 0 Å². The van der Waals surface area contributed by atoms with Gasteiger partial charge in [0, 0.05) is 12.1 Å². The smallest absolute Gasteiger partial charge is 0.224 e. The Labute approximate surface area is 189 Å². The molecule has 0 fully saturated rings. The summed E-state index contributed by atoms with van der Waals surface area (Å²) in [6.45, 7) is 11.1. The van der Waals surface area contributed by atoms with Gasteiger partial charge in [0.1, 0.15) is 0 Å². The van der Waals surface area contributed by atoms with E-state index in [2.05, 4.69) is 39.9 Å². The molecule has 2 aromatic rings. The number of carbonyl (C=O) groups excluding carboxylic acids is 1. The molecule has 1 aromatic heterocycles. The lowest BCUT2D eigenvalue weighted by molar-refractivity contribution is -0.117. The third-order valence-electron chi connectivity index (χ3n) is 6.17. The molecule has 1 aromatic carbocycles. The second kappa shape index (κ2) is 13.4. The monoisotopic (exact) mass is 425 g/mol. The fourth-order valence-electron chi connectivity index (χ4n) is 4.13. The molecule has 4 nitrogen and oxygen atoms in total. The Morgan fingerprint density at radius 2 is 1.55 bits per heavy atom. The zero-order chi connectivity index (χ0) is 22.6. The molecule has 1 heterocycles. The molecule has 2 atom stereocenters. The van der Waals surface area contributed by atoms with Crippen molar-refractivity contribution in [3.05, 3.63) is 29.6 Å². The Hall–Kier alpha value is -1.97. The SMILES string of the molecule is CCCCCCc1nc2ccc(NC(=O)CC(C)CC(C)CC)cc2nc1CCCC. The van der Waals surface area contributed by atoms with Gasteiger partial charge in [0.2, 0.25) is 5.91 Å². The van der Waals surface area contributed by atoms with E-state index in [-0.39, 0.29) is 5.91 Å². The molecular weight excluding hydrogens is 382 g/mol. The van der Waals surface area contributed by atoms with Crippen LogP contribution in [0, 0.1) is 11.8 Å². The highest BCUT2D eigenvalue weighted by atomic mass is 16.1. The van der Waals surface area contributed by atoms with E-state index in [1.54, 1.807) is 0 Å². The Kier molecular flexibility index (Phi) is 11.0. The van der Waals surface area contributed by atoms with E-state index in [1.165, 1.54) is 25.7 Å². The van der Waals surface area contributed by atoms with Crippen molar-refractivity contribution >= 4 is 22.6 Å². The number of hydrogen-bond donors (Lipinski definition) is 1. The van der Waals surface area contributed by atoms with Crippen molar-refractivity contribution < 1.29 is 4.79 Å². The molecule has 0 bridgehead atoms. The van der Waals surface area contributed by atoms with Gasteiger partial charge in [-0.2, -0.15) is 0 Å². The fraction of sp³-hybridized carbons (Fsp3) is 0.667. The molecule has 2 unspecified atom stereocenters. The van der Waals surface area contributed by atoms with Gasteiger partial charge in [-0.25, -0.2) is 9.97 Å². The fourth-order valence-corrected chi connectivity index (χ4v) is 4.13. The van der Waals surface area contributed by atoms with Crippen molar-refractivity contribution in [2.24, 2.45) is 11.8 Å². The van der Waals surface area contributed by atoms with Gasteiger partial charge in [-0.3, -0.25) is 4.79 Å². The highest BCUT2D eigenvalue weighted by molar-refractivity contribution is 5.93. The second-order valence-electron chi connectivity index (χ2n) is 9.34. The van der Waals surface area contributed by atoms with Crippen LogP contribution in [0.1, 0.15) is 104 Å². The molecule has 0 saturated heterocycles. The largest absolute Gasteiger partial charge is 0.326 e. The molecule has 0 aliphatic rings. The van der Waals surface area contributed by atoms with Crippen molar-refractivity contribution in [1.82, 2.24) is 9.97 Å². The number of fused-ring (bicyclic) bond motifs is 1. The first-order valence-electron chi connectivity index (χ1n) is 12.6. The molecule has 1 N–H and O–H groups in total. The average Bonchev–Trinajstić information content (AvgIpc) is 2.74. The summed E-state index contributed by atoms with van der Waals surface area (Å²) in [6, 6.07) is 5.94. The first-order chi connectivity index (χ1) is 15.0. The van der Waals surface area contributed by atoms with E-state index in [4.69, 9.17) is 9.97 Å². The molecule has 2 rings (SSSR count). The highest BCUT2D eigenvalue weighted by Gasteiger charge is 2.14. The first-order valence-corrected chi connectivity index (χ1v) is 12.6. The maximum absolute atomic E-state index is 12.5. The minimum absolute atomic E-state index is 0.0851. The van der Waals surface area contributed by atoms with Crippen LogP contribution >= 0.6 is 0 Å². The van der Waals surface area contributed by atoms with Crippen LogP contribution in [0.3, 0.4) is 0 Å². The van der Waals surface area contributed by atoms with E-state index >= 15 is 0 Å². The van der Waals surface area contributed by atoms with E-state index in [1.807, 2.05) is 18.2 Å². The Balaban J connectivity index is 2.11. The van der Waals surface area contributed by atoms with Crippen molar-refractivity contribution in [3.8, 4) is 0 Å². The number of carbonyl (C=O) groups is 1. The molecule has 0 aliphatic carbocycles. The topological polar surface area (TPSA) is 54.9 Å². The Morgan fingerprint density at radius 3 is 2.23 bits per heavy atom. The van der Waals surface area contributed by atoms with Crippen molar-refractivity contribution in [2.75, 3.05) is 5.32 Å². The molecule has 4 heteroatoms. The number of amides is 1. The molecular formula is C27H43N3O. The summed E-state index contributed by atoms with van der Waals surface area (Å²) in [4.78, 5) is 22.5. The first kappa shape index (κ1) is 25.3. The van der Waals surface area contributed by atoms with Crippen LogP contribution in [0.25, 0.3) is 11.0 Å². The molecule has 172 valence electrons. The molecule has 0 saturated carbocycles. The molecule has 0 radical (unpaired) electrons. The molecule has 0 spiro atoms. The predicted molar refractivity (Wildman–Crippen MR) is 132 cm³/mol. The minimum Gasteiger partial charge on any atom is -0.326 e. The molecule has 0 aliphatic heterocycles. The standard InChI is InChI=1S/C27H43N3O/c1-6-9-11-12-14-24-23(13-10-7-2)30-26-19-22(15-16-25(26)29-24)28-27(31)18-21(5)17-20(4)8-3/h15-16,19-21H,6-14,17-18H2,1-5H3,(H,28,31). The number of aryl methyl sites for hydroxylation is 2.